The fraction of sp³-hybridized carbons (Fsp3) is 0.250. The third-order valence-corrected chi connectivity index (χ3v) is 4.96. The summed E-state index contributed by atoms with van der Waals surface area (Å²) in [6, 6.07) is 8.72. The smallest absolute Gasteiger partial charge is 0.262 e. The molecule has 0 aliphatic rings. The molecule has 1 unspecified atom stereocenters. The number of nitrogens with zero attached hydrogens (tertiary/aromatic N) is 1. The monoisotopic (exact) mass is 455 g/mol. The Kier molecular flexibility index (Phi) is 8.32. The number of rotatable bonds is 7. The van der Waals surface area contributed by atoms with Gasteiger partial charge in [0.05, 0.1) is 23.4 Å². The van der Waals surface area contributed by atoms with Gasteiger partial charge >= 0.3 is 0 Å². The summed E-state index contributed by atoms with van der Waals surface area (Å²) in [6.45, 7) is 3.62. The van der Waals surface area contributed by atoms with E-state index in [0.717, 1.165) is 0 Å². The Balaban J connectivity index is 2.08. The number of hydrazone groups is 1. The lowest BCUT2D eigenvalue weighted by Crippen LogP contribution is -2.48. The van der Waals surface area contributed by atoms with Crippen LogP contribution in [0.2, 0.25) is 15.1 Å². The van der Waals surface area contributed by atoms with Crippen molar-refractivity contribution < 1.29 is 14.3 Å². The summed E-state index contributed by atoms with van der Waals surface area (Å²) in [5.41, 5.74) is 3.33. The van der Waals surface area contributed by atoms with Gasteiger partial charge in [-0.3, -0.25) is 9.59 Å². The average Bonchev–Trinajstić information content (AvgIpc) is 2.67. The summed E-state index contributed by atoms with van der Waals surface area (Å²) < 4.78 is 5.22. The average molecular weight is 457 g/mol. The molecular formula is C20H20Cl3N3O3. The third-order valence-electron chi connectivity index (χ3n) is 3.99. The zero-order valence-electron chi connectivity index (χ0n) is 16.0. The number of hydrogen-bond acceptors (Lipinski definition) is 4. The highest BCUT2D eigenvalue weighted by Gasteiger charge is 2.24. The molecule has 0 saturated heterocycles. The second-order valence-electron chi connectivity index (χ2n) is 6.44. The second kappa shape index (κ2) is 10.5. The molecule has 1 atom stereocenters. The van der Waals surface area contributed by atoms with Gasteiger partial charge in [0.2, 0.25) is 0 Å². The molecule has 6 nitrogen and oxygen atoms in total. The number of nitrogens with one attached hydrogen (secondary N) is 2. The maximum Gasteiger partial charge on any atom is 0.262 e. The molecule has 0 fully saturated rings. The minimum atomic E-state index is -0.810. The summed E-state index contributed by atoms with van der Waals surface area (Å²) in [4.78, 5) is 25.0. The quantitative estimate of drug-likeness (QED) is 0.473. The van der Waals surface area contributed by atoms with Crippen LogP contribution in [-0.4, -0.2) is 31.2 Å². The highest BCUT2D eigenvalue weighted by atomic mass is 35.5. The standard InChI is InChI=1S/C20H20Cl3N3O3/c1-11(2)18(25-19(27)12-4-6-15(22)16(23)9-12)20(28)26-24-10-13-8-14(21)5-7-17(13)29-3/h4-11,18H,1-3H3,(H,25,27)(H,26,28)/b24-10+. The van der Waals surface area contributed by atoms with E-state index in [4.69, 9.17) is 39.5 Å². The van der Waals surface area contributed by atoms with E-state index in [9.17, 15) is 9.59 Å². The zero-order chi connectivity index (χ0) is 21.6. The maximum absolute atomic E-state index is 12.5. The summed E-state index contributed by atoms with van der Waals surface area (Å²) in [6.07, 6.45) is 1.42. The Hall–Kier alpha value is -2.28. The lowest BCUT2D eigenvalue weighted by molar-refractivity contribution is -0.123. The Labute approximate surface area is 184 Å². The van der Waals surface area contributed by atoms with Crippen LogP contribution in [0.3, 0.4) is 0 Å². The van der Waals surface area contributed by atoms with Crippen LogP contribution in [0.15, 0.2) is 41.5 Å². The van der Waals surface area contributed by atoms with Crippen LogP contribution in [0.4, 0.5) is 0 Å². The molecule has 0 radical (unpaired) electrons. The van der Waals surface area contributed by atoms with Gasteiger partial charge in [-0.1, -0.05) is 48.7 Å². The van der Waals surface area contributed by atoms with Crippen LogP contribution in [0.1, 0.15) is 29.8 Å². The van der Waals surface area contributed by atoms with E-state index >= 15 is 0 Å². The molecule has 2 aromatic carbocycles. The van der Waals surface area contributed by atoms with E-state index in [1.165, 1.54) is 31.5 Å². The van der Waals surface area contributed by atoms with Gasteiger partial charge in [0.25, 0.3) is 11.8 Å². The van der Waals surface area contributed by atoms with Gasteiger partial charge in [-0.05, 0) is 42.3 Å². The SMILES string of the molecule is COc1ccc(Cl)cc1/C=N/NC(=O)C(NC(=O)c1ccc(Cl)c(Cl)c1)C(C)C. The van der Waals surface area contributed by atoms with E-state index in [0.29, 0.717) is 26.9 Å². The van der Waals surface area contributed by atoms with Gasteiger partial charge in [-0.2, -0.15) is 5.10 Å². The number of halogens is 3. The number of hydrogen-bond donors (Lipinski definition) is 2. The largest absolute Gasteiger partial charge is 0.496 e. The van der Waals surface area contributed by atoms with Gasteiger partial charge in [0.1, 0.15) is 11.8 Å². The molecule has 9 heteroatoms. The molecule has 0 aromatic heterocycles. The van der Waals surface area contributed by atoms with Crippen molar-refractivity contribution in [1.29, 1.82) is 0 Å². The molecule has 2 amide bonds. The Bertz CT molecular complexity index is 932. The van der Waals surface area contributed by atoms with E-state index in [2.05, 4.69) is 15.8 Å². The Morgan fingerprint density at radius 1 is 1.07 bits per heavy atom. The lowest BCUT2D eigenvalue weighted by atomic mass is 10.0. The van der Waals surface area contributed by atoms with Crippen molar-refractivity contribution >= 4 is 52.8 Å². The van der Waals surface area contributed by atoms with E-state index < -0.39 is 17.9 Å². The molecule has 0 spiro atoms. The number of ether oxygens (including phenoxy) is 1. The second-order valence-corrected chi connectivity index (χ2v) is 7.70. The summed E-state index contributed by atoms with van der Waals surface area (Å²) in [7, 11) is 1.52. The van der Waals surface area contributed by atoms with Crippen molar-refractivity contribution in [1.82, 2.24) is 10.7 Å². The van der Waals surface area contributed by atoms with Crippen molar-refractivity contribution in [3.05, 3.63) is 62.6 Å². The van der Waals surface area contributed by atoms with Crippen LogP contribution in [0.25, 0.3) is 0 Å². The van der Waals surface area contributed by atoms with Crippen molar-refractivity contribution in [2.45, 2.75) is 19.9 Å². The lowest BCUT2D eigenvalue weighted by Gasteiger charge is -2.20. The molecule has 2 rings (SSSR count). The molecule has 2 aromatic rings. The molecule has 0 saturated carbocycles. The van der Waals surface area contributed by atoms with Crippen molar-refractivity contribution in [2.24, 2.45) is 11.0 Å². The first-order chi connectivity index (χ1) is 13.7. The molecule has 0 aliphatic heterocycles. The minimum absolute atomic E-state index is 0.183. The number of carbonyl (C=O) groups excluding carboxylic acids is 2. The first kappa shape index (κ1) is 23.0. The Morgan fingerprint density at radius 2 is 1.79 bits per heavy atom. The van der Waals surface area contributed by atoms with Gasteiger partial charge in [-0.15, -0.1) is 0 Å². The molecule has 29 heavy (non-hydrogen) atoms. The van der Waals surface area contributed by atoms with Crippen LogP contribution in [0.5, 0.6) is 5.75 Å². The predicted octanol–water partition coefficient (Wildman–Crippen LogP) is 4.56. The van der Waals surface area contributed by atoms with Crippen molar-refractivity contribution in [3.8, 4) is 5.75 Å². The van der Waals surface area contributed by atoms with Crippen molar-refractivity contribution in [2.75, 3.05) is 7.11 Å². The zero-order valence-corrected chi connectivity index (χ0v) is 18.3. The van der Waals surface area contributed by atoms with E-state index in [-0.39, 0.29) is 10.9 Å². The first-order valence-corrected chi connectivity index (χ1v) is 9.78. The summed E-state index contributed by atoms with van der Waals surface area (Å²) in [5, 5.41) is 7.74. The normalized spacial score (nSPS) is 12.1. The number of amides is 2. The number of carbonyl (C=O) groups is 2. The van der Waals surface area contributed by atoms with Gasteiger partial charge in [0, 0.05) is 16.1 Å². The number of methoxy groups -OCH3 is 1. The van der Waals surface area contributed by atoms with Crippen LogP contribution in [-0.2, 0) is 4.79 Å². The van der Waals surface area contributed by atoms with E-state index in [1.54, 1.807) is 18.2 Å². The third kappa shape index (κ3) is 6.35. The molecule has 0 heterocycles. The fourth-order valence-corrected chi connectivity index (χ4v) is 2.92. The van der Waals surface area contributed by atoms with Crippen LogP contribution in [0, 0.1) is 5.92 Å². The molecule has 0 bridgehead atoms. The molecule has 0 aliphatic carbocycles. The van der Waals surface area contributed by atoms with Gasteiger partial charge in [0.15, 0.2) is 0 Å². The number of benzene rings is 2. The van der Waals surface area contributed by atoms with E-state index in [1.807, 2.05) is 13.8 Å². The van der Waals surface area contributed by atoms with Gasteiger partial charge < -0.3 is 10.1 Å². The summed E-state index contributed by atoms with van der Waals surface area (Å²) >= 11 is 17.8. The highest BCUT2D eigenvalue weighted by Crippen LogP contribution is 2.23. The van der Waals surface area contributed by atoms with Crippen LogP contribution < -0.4 is 15.5 Å². The Morgan fingerprint density at radius 3 is 2.41 bits per heavy atom. The molecular weight excluding hydrogens is 437 g/mol. The van der Waals surface area contributed by atoms with Gasteiger partial charge in [-0.25, -0.2) is 5.43 Å². The predicted molar refractivity (Wildman–Crippen MR) is 116 cm³/mol. The molecule has 2 N–H and O–H groups in total. The minimum Gasteiger partial charge on any atom is -0.496 e. The highest BCUT2D eigenvalue weighted by molar-refractivity contribution is 6.42. The van der Waals surface area contributed by atoms with Crippen LogP contribution >= 0.6 is 34.8 Å². The first-order valence-electron chi connectivity index (χ1n) is 8.65. The topological polar surface area (TPSA) is 79.8 Å². The summed E-state index contributed by atoms with van der Waals surface area (Å²) in [5.74, 6) is -0.540. The van der Waals surface area contributed by atoms with Crippen molar-refractivity contribution in [3.63, 3.8) is 0 Å². The molecule has 154 valence electrons. The maximum atomic E-state index is 12.5. The fourth-order valence-electron chi connectivity index (χ4n) is 2.44.